The number of hydrogen-bond donors (Lipinski definition) is 5. The van der Waals surface area contributed by atoms with Gasteiger partial charge < -0.3 is 36.3 Å². The number of benzene rings is 1. The van der Waals surface area contributed by atoms with E-state index in [4.69, 9.17) is 10.5 Å². The summed E-state index contributed by atoms with van der Waals surface area (Å²) in [5.41, 5.74) is 9.33. The molecule has 2 aromatic heterocycles. The number of nitrogens with zero attached hydrogens (tertiary/aromatic N) is 3. The molecule has 6 N–H and O–H groups in total. The normalized spacial score (nSPS) is 10.8. The molecule has 0 saturated carbocycles. The molecule has 0 spiro atoms. The number of nitrogen functional groups attached to an aromatic ring is 1. The average molecular weight is 412 g/mol. The van der Waals surface area contributed by atoms with Crippen molar-refractivity contribution in [3.8, 4) is 0 Å². The van der Waals surface area contributed by atoms with Crippen LogP contribution in [0.4, 0.5) is 23.3 Å². The molecule has 0 saturated heterocycles. The van der Waals surface area contributed by atoms with E-state index < -0.39 is 0 Å². The van der Waals surface area contributed by atoms with Crippen molar-refractivity contribution in [3.63, 3.8) is 0 Å². The van der Waals surface area contributed by atoms with Crippen LogP contribution in [-0.2, 0) is 22.7 Å². The van der Waals surface area contributed by atoms with E-state index in [0.29, 0.717) is 42.8 Å². The fourth-order valence-electron chi connectivity index (χ4n) is 3.25. The Morgan fingerprint density at radius 1 is 1.10 bits per heavy atom. The highest BCUT2D eigenvalue weighted by molar-refractivity contribution is 6.01. The lowest BCUT2D eigenvalue weighted by Gasteiger charge is -2.14. The van der Waals surface area contributed by atoms with Gasteiger partial charge in [0.2, 0.25) is 11.9 Å². The quantitative estimate of drug-likeness (QED) is 0.338. The van der Waals surface area contributed by atoms with Gasteiger partial charge in [0.25, 0.3) is 0 Å². The van der Waals surface area contributed by atoms with Gasteiger partial charge in [-0.25, -0.2) is 9.97 Å². The van der Waals surface area contributed by atoms with Crippen molar-refractivity contribution in [1.82, 2.24) is 19.9 Å². The number of carbonyl (C=O) groups excluding carboxylic acids is 1. The molecule has 10 nitrogen and oxygen atoms in total. The van der Waals surface area contributed by atoms with Gasteiger partial charge >= 0.3 is 0 Å². The monoisotopic (exact) mass is 412 g/mol. The highest BCUT2D eigenvalue weighted by atomic mass is 16.5. The fourth-order valence-corrected chi connectivity index (χ4v) is 3.25. The minimum atomic E-state index is -0.174. The Kier molecular flexibility index (Phi) is 6.91. The molecule has 0 aliphatic heterocycles. The lowest BCUT2D eigenvalue weighted by atomic mass is 10.2. The summed E-state index contributed by atoms with van der Waals surface area (Å²) in [6.07, 6.45) is 0. The van der Waals surface area contributed by atoms with Crippen molar-refractivity contribution in [2.75, 3.05) is 56.0 Å². The van der Waals surface area contributed by atoms with Gasteiger partial charge in [-0.15, -0.1) is 0 Å². The summed E-state index contributed by atoms with van der Waals surface area (Å²) in [5.74, 6) is 1.43. The van der Waals surface area contributed by atoms with Crippen molar-refractivity contribution in [2.45, 2.75) is 13.2 Å². The molecule has 0 fully saturated rings. The molecule has 1 aromatic carbocycles. The van der Waals surface area contributed by atoms with Crippen molar-refractivity contribution in [2.24, 2.45) is 0 Å². The summed E-state index contributed by atoms with van der Waals surface area (Å²) in [6.45, 7) is 1.31. The van der Waals surface area contributed by atoms with Crippen LogP contribution < -0.4 is 27.0 Å². The van der Waals surface area contributed by atoms with Crippen molar-refractivity contribution in [1.29, 1.82) is 0 Å². The number of nitrogens with one attached hydrogen (secondary N) is 4. The lowest BCUT2D eigenvalue weighted by Crippen LogP contribution is -2.30. The molecule has 10 heteroatoms. The number of ether oxygens (including phenoxy) is 1. The van der Waals surface area contributed by atoms with E-state index >= 15 is 0 Å². The number of hydrogen-bond acceptors (Lipinski definition) is 8. The van der Waals surface area contributed by atoms with Crippen LogP contribution in [0.2, 0.25) is 0 Å². The Morgan fingerprint density at radius 3 is 2.53 bits per heavy atom. The molecule has 0 radical (unpaired) electrons. The molecule has 1 amide bonds. The number of nitrogens with two attached hydrogens (primary N) is 1. The Morgan fingerprint density at radius 2 is 1.87 bits per heavy atom. The first-order valence-electron chi connectivity index (χ1n) is 9.70. The minimum Gasteiger partial charge on any atom is -0.383 e. The zero-order valence-electron chi connectivity index (χ0n) is 17.5. The van der Waals surface area contributed by atoms with Crippen molar-refractivity contribution < 1.29 is 9.53 Å². The zero-order valence-corrected chi connectivity index (χ0v) is 17.5. The zero-order chi connectivity index (χ0) is 21.5. The summed E-state index contributed by atoms with van der Waals surface area (Å²) >= 11 is 0. The Balaban J connectivity index is 1.66. The highest BCUT2D eigenvalue weighted by Crippen LogP contribution is 2.34. The summed E-state index contributed by atoms with van der Waals surface area (Å²) in [5, 5.41) is 12.2. The molecule has 3 aromatic rings. The number of aromatic nitrogens is 3. The molecule has 0 bridgehead atoms. The third kappa shape index (κ3) is 4.54. The van der Waals surface area contributed by atoms with E-state index in [1.54, 1.807) is 14.1 Å². The van der Waals surface area contributed by atoms with E-state index in [-0.39, 0.29) is 12.5 Å². The average Bonchev–Trinajstić information content (AvgIpc) is 3.13. The first-order chi connectivity index (χ1) is 14.6. The van der Waals surface area contributed by atoms with Gasteiger partial charge in [0, 0.05) is 34.2 Å². The second kappa shape index (κ2) is 9.79. The summed E-state index contributed by atoms with van der Waals surface area (Å²) in [7, 11) is 5.38. The standard InChI is InChI=1S/C20H28N8O2/c1-22-16-17-15(18(21)27-19(16)23-2)26-20(24-3)28(17)10-9-25-14(29)12-30-11-13-7-5-4-6-8-13/h4-8,22H,9-12H2,1-3H3,(H,24,26)(H,25,29)(H3,21,23,27). The van der Waals surface area contributed by atoms with Crippen LogP contribution >= 0.6 is 0 Å². The van der Waals surface area contributed by atoms with Crippen LogP contribution in [0.25, 0.3) is 11.0 Å². The van der Waals surface area contributed by atoms with E-state index in [1.165, 1.54) is 0 Å². The second-order valence-electron chi connectivity index (χ2n) is 6.58. The van der Waals surface area contributed by atoms with E-state index in [0.717, 1.165) is 16.8 Å². The molecule has 2 heterocycles. The minimum absolute atomic E-state index is 0.000984. The van der Waals surface area contributed by atoms with Crippen LogP contribution in [0, 0.1) is 0 Å². The van der Waals surface area contributed by atoms with E-state index in [2.05, 4.69) is 31.2 Å². The molecule has 3 rings (SSSR count). The maximum Gasteiger partial charge on any atom is 0.246 e. The number of amides is 1. The van der Waals surface area contributed by atoms with Crippen LogP contribution in [0.3, 0.4) is 0 Å². The summed E-state index contributed by atoms with van der Waals surface area (Å²) < 4.78 is 7.44. The third-order valence-electron chi connectivity index (χ3n) is 4.63. The van der Waals surface area contributed by atoms with Crippen molar-refractivity contribution >= 4 is 40.2 Å². The first-order valence-corrected chi connectivity index (χ1v) is 9.70. The van der Waals surface area contributed by atoms with E-state index in [9.17, 15) is 4.79 Å². The number of fused-ring (bicyclic) bond motifs is 1. The van der Waals surface area contributed by atoms with E-state index in [1.807, 2.05) is 41.9 Å². The smallest absolute Gasteiger partial charge is 0.246 e. The summed E-state index contributed by atoms with van der Waals surface area (Å²) in [6, 6.07) is 9.74. The second-order valence-corrected chi connectivity index (χ2v) is 6.58. The molecule has 0 atom stereocenters. The molecular formula is C20H28N8O2. The predicted octanol–water partition coefficient (Wildman–Crippen LogP) is 1.47. The van der Waals surface area contributed by atoms with Crippen LogP contribution in [-0.4, -0.2) is 54.7 Å². The largest absolute Gasteiger partial charge is 0.383 e. The number of pyridine rings is 1. The molecule has 0 unspecified atom stereocenters. The number of imidazole rings is 1. The molecule has 30 heavy (non-hydrogen) atoms. The SMILES string of the molecule is CNc1nc(N)c2nc(NC)n(CCNC(=O)COCc3ccccc3)c2c1NC. The summed E-state index contributed by atoms with van der Waals surface area (Å²) in [4.78, 5) is 21.0. The number of anilines is 4. The lowest BCUT2D eigenvalue weighted by molar-refractivity contribution is -0.126. The van der Waals surface area contributed by atoms with Gasteiger partial charge in [0.1, 0.15) is 23.3 Å². The fraction of sp³-hybridized carbons (Fsp3) is 0.350. The Bertz CT molecular complexity index is 1000. The van der Waals surface area contributed by atoms with Gasteiger partial charge in [0.15, 0.2) is 11.6 Å². The third-order valence-corrected chi connectivity index (χ3v) is 4.63. The Labute approximate surface area is 175 Å². The highest BCUT2D eigenvalue weighted by Gasteiger charge is 2.19. The maximum absolute atomic E-state index is 12.1. The first kappa shape index (κ1) is 21.2. The molecule has 0 aliphatic carbocycles. The number of rotatable bonds is 10. The molecule has 0 aliphatic rings. The van der Waals surface area contributed by atoms with Gasteiger partial charge in [0.05, 0.1) is 6.61 Å². The van der Waals surface area contributed by atoms with Gasteiger partial charge in [-0.3, -0.25) is 4.79 Å². The number of carbonyl (C=O) groups is 1. The van der Waals surface area contributed by atoms with Crippen LogP contribution in [0.1, 0.15) is 5.56 Å². The van der Waals surface area contributed by atoms with Crippen LogP contribution in [0.5, 0.6) is 0 Å². The molecular weight excluding hydrogens is 384 g/mol. The van der Waals surface area contributed by atoms with Gasteiger partial charge in [-0.2, -0.15) is 0 Å². The van der Waals surface area contributed by atoms with Gasteiger partial charge in [-0.05, 0) is 5.56 Å². The Hall–Kier alpha value is -3.53. The maximum atomic E-state index is 12.1. The van der Waals surface area contributed by atoms with Crippen molar-refractivity contribution in [3.05, 3.63) is 35.9 Å². The van der Waals surface area contributed by atoms with Crippen LogP contribution in [0.15, 0.2) is 30.3 Å². The van der Waals surface area contributed by atoms with Gasteiger partial charge in [-0.1, -0.05) is 30.3 Å². The topological polar surface area (TPSA) is 131 Å². The predicted molar refractivity (Wildman–Crippen MR) is 120 cm³/mol. The molecule has 160 valence electrons.